The summed E-state index contributed by atoms with van der Waals surface area (Å²) in [5, 5.41) is 0.981. The number of nitrogens with zero attached hydrogens (tertiary/aromatic N) is 1. The number of hydrogen-bond donors (Lipinski definition) is 0. The van der Waals surface area contributed by atoms with Crippen LogP contribution in [0.15, 0.2) is 36.4 Å². The van der Waals surface area contributed by atoms with Gasteiger partial charge in [0.25, 0.3) is 5.91 Å². The van der Waals surface area contributed by atoms with Crippen molar-refractivity contribution in [2.45, 2.75) is 13.5 Å². The number of hydrogen-bond acceptors (Lipinski definition) is 3. The average molecular weight is 368 g/mol. The molecule has 0 aliphatic rings. The number of benzene rings is 2. The SMILES string of the molecule is CCOc1c(Cl)cc(C(=O)N(C)Cc2cccc(Cl)c2)cc1OC. The molecule has 0 radical (unpaired) electrons. The van der Waals surface area contributed by atoms with E-state index in [1.807, 2.05) is 25.1 Å². The largest absolute Gasteiger partial charge is 0.493 e. The molecule has 2 aromatic carbocycles. The molecule has 0 heterocycles. The zero-order valence-electron chi connectivity index (χ0n) is 13.8. The van der Waals surface area contributed by atoms with Gasteiger partial charge < -0.3 is 14.4 Å². The zero-order valence-corrected chi connectivity index (χ0v) is 15.3. The molecule has 0 atom stereocenters. The van der Waals surface area contributed by atoms with Crippen LogP contribution in [0, 0.1) is 0 Å². The van der Waals surface area contributed by atoms with Gasteiger partial charge in [-0.2, -0.15) is 0 Å². The van der Waals surface area contributed by atoms with Gasteiger partial charge in [0, 0.05) is 24.2 Å². The Kier molecular flexibility index (Phi) is 6.35. The van der Waals surface area contributed by atoms with E-state index in [4.69, 9.17) is 32.7 Å². The second kappa shape index (κ2) is 8.27. The normalized spacial score (nSPS) is 10.4. The number of carbonyl (C=O) groups is 1. The molecular formula is C18H19Cl2NO3. The molecule has 2 rings (SSSR count). The Morgan fingerprint density at radius 3 is 2.58 bits per heavy atom. The first-order chi connectivity index (χ1) is 11.5. The molecule has 128 valence electrons. The van der Waals surface area contributed by atoms with E-state index < -0.39 is 0 Å². The third-order valence-corrected chi connectivity index (χ3v) is 3.94. The van der Waals surface area contributed by atoms with E-state index in [2.05, 4.69) is 0 Å². The van der Waals surface area contributed by atoms with Crippen molar-refractivity contribution < 1.29 is 14.3 Å². The Morgan fingerprint density at radius 2 is 1.96 bits per heavy atom. The molecule has 4 nitrogen and oxygen atoms in total. The number of ether oxygens (including phenoxy) is 2. The van der Waals surface area contributed by atoms with Crippen LogP contribution in [0.3, 0.4) is 0 Å². The van der Waals surface area contributed by atoms with Crippen LogP contribution in [0.5, 0.6) is 11.5 Å². The van der Waals surface area contributed by atoms with Crippen LogP contribution < -0.4 is 9.47 Å². The highest BCUT2D eigenvalue weighted by molar-refractivity contribution is 6.32. The molecule has 0 aliphatic heterocycles. The fourth-order valence-corrected chi connectivity index (χ4v) is 2.81. The van der Waals surface area contributed by atoms with Crippen LogP contribution in [-0.2, 0) is 6.54 Å². The van der Waals surface area contributed by atoms with E-state index in [9.17, 15) is 4.79 Å². The summed E-state index contributed by atoms with van der Waals surface area (Å²) in [5.41, 5.74) is 1.38. The lowest BCUT2D eigenvalue weighted by molar-refractivity contribution is 0.0784. The Balaban J connectivity index is 2.23. The predicted molar refractivity (Wildman–Crippen MR) is 96.4 cm³/mol. The highest BCUT2D eigenvalue weighted by Crippen LogP contribution is 2.36. The first-order valence-electron chi connectivity index (χ1n) is 7.46. The van der Waals surface area contributed by atoms with E-state index >= 15 is 0 Å². The van der Waals surface area contributed by atoms with Gasteiger partial charge in [-0.15, -0.1) is 0 Å². The lowest BCUT2D eigenvalue weighted by Crippen LogP contribution is -2.26. The Labute approximate surface area is 151 Å². The number of carbonyl (C=O) groups excluding carboxylic acids is 1. The van der Waals surface area contributed by atoms with Crippen molar-refractivity contribution >= 4 is 29.1 Å². The van der Waals surface area contributed by atoms with Gasteiger partial charge >= 0.3 is 0 Å². The summed E-state index contributed by atoms with van der Waals surface area (Å²) in [6, 6.07) is 10.6. The number of rotatable bonds is 6. The number of halogens is 2. The van der Waals surface area contributed by atoms with Crippen LogP contribution in [0.4, 0.5) is 0 Å². The van der Waals surface area contributed by atoms with Crippen LogP contribution >= 0.6 is 23.2 Å². The van der Waals surface area contributed by atoms with Crippen molar-refractivity contribution in [3.05, 3.63) is 57.6 Å². The van der Waals surface area contributed by atoms with Crippen LogP contribution in [0.25, 0.3) is 0 Å². The Morgan fingerprint density at radius 1 is 1.21 bits per heavy atom. The summed E-state index contributed by atoms with van der Waals surface area (Å²) < 4.78 is 10.8. The predicted octanol–water partition coefficient (Wildman–Crippen LogP) is 4.67. The third kappa shape index (κ3) is 4.34. The second-order valence-electron chi connectivity index (χ2n) is 5.21. The monoisotopic (exact) mass is 367 g/mol. The molecular weight excluding hydrogens is 349 g/mol. The third-order valence-electron chi connectivity index (χ3n) is 3.42. The molecule has 24 heavy (non-hydrogen) atoms. The summed E-state index contributed by atoms with van der Waals surface area (Å²) in [6.45, 7) is 2.75. The molecule has 0 unspecified atom stereocenters. The molecule has 0 aliphatic carbocycles. The molecule has 0 saturated carbocycles. The molecule has 2 aromatic rings. The second-order valence-corrected chi connectivity index (χ2v) is 6.06. The lowest BCUT2D eigenvalue weighted by atomic mass is 10.1. The Hall–Kier alpha value is -1.91. The first-order valence-corrected chi connectivity index (χ1v) is 8.22. The topological polar surface area (TPSA) is 38.8 Å². The molecule has 0 saturated heterocycles. The van der Waals surface area contributed by atoms with Crippen LogP contribution in [0.1, 0.15) is 22.8 Å². The summed E-state index contributed by atoms with van der Waals surface area (Å²) in [7, 11) is 3.23. The van der Waals surface area contributed by atoms with Gasteiger partial charge in [0.2, 0.25) is 0 Å². The molecule has 0 bridgehead atoms. The van der Waals surface area contributed by atoms with Crippen molar-refractivity contribution in [2.75, 3.05) is 20.8 Å². The van der Waals surface area contributed by atoms with Crippen molar-refractivity contribution in [1.82, 2.24) is 4.90 Å². The molecule has 0 spiro atoms. The van der Waals surface area contributed by atoms with Crippen LogP contribution in [0.2, 0.25) is 10.0 Å². The van der Waals surface area contributed by atoms with Gasteiger partial charge in [-0.1, -0.05) is 35.3 Å². The minimum atomic E-state index is -0.168. The van der Waals surface area contributed by atoms with Crippen LogP contribution in [-0.4, -0.2) is 31.6 Å². The van der Waals surface area contributed by atoms with E-state index in [-0.39, 0.29) is 5.91 Å². The standard InChI is InChI=1S/C18H19Cl2NO3/c1-4-24-17-15(20)9-13(10-16(17)23-3)18(22)21(2)11-12-6-5-7-14(19)8-12/h5-10H,4,11H2,1-3H3. The lowest BCUT2D eigenvalue weighted by Gasteiger charge is -2.19. The smallest absolute Gasteiger partial charge is 0.254 e. The number of amides is 1. The van der Waals surface area contributed by atoms with Crippen molar-refractivity contribution in [3.8, 4) is 11.5 Å². The van der Waals surface area contributed by atoms with E-state index in [1.54, 1.807) is 30.1 Å². The van der Waals surface area contributed by atoms with Gasteiger partial charge in [0.15, 0.2) is 11.5 Å². The summed E-state index contributed by atoms with van der Waals surface area (Å²) in [6.07, 6.45) is 0. The highest BCUT2D eigenvalue weighted by atomic mass is 35.5. The van der Waals surface area contributed by atoms with Crippen molar-refractivity contribution in [1.29, 1.82) is 0 Å². The van der Waals surface area contributed by atoms with Gasteiger partial charge in [-0.05, 0) is 36.8 Å². The quantitative estimate of drug-likeness (QED) is 0.744. The molecule has 0 aromatic heterocycles. The van der Waals surface area contributed by atoms with Crippen molar-refractivity contribution in [3.63, 3.8) is 0 Å². The summed E-state index contributed by atoms with van der Waals surface area (Å²) in [5.74, 6) is 0.706. The maximum Gasteiger partial charge on any atom is 0.254 e. The highest BCUT2D eigenvalue weighted by Gasteiger charge is 2.18. The minimum Gasteiger partial charge on any atom is -0.493 e. The van der Waals surface area contributed by atoms with E-state index in [0.717, 1.165) is 5.56 Å². The average Bonchev–Trinajstić information content (AvgIpc) is 2.55. The fraction of sp³-hybridized carbons (Fsp3) is 0.278. The molecule has 1 amide bonds. The van der Waals surface area contributed by atoms with Gasteiger partial charge in [-0.3, -0.25) is 4.79 Å². The van der Waals surface area contributed by atoms with E-state index in [0.29, 0.717) is 40.3 Å². The van der Waals surface area contributed by atoms with Gasteiger partial charge in [0.05, 0.1) is 18.7 Å². The first kappa shape index (κ1) is 18.4. The maximum atomic E-state index is 12.7. The molecule has 6 heteroatoms. The Bertz CT molecular complexity index is 734. The summed E-state index contributed by atoms with van der Waals surface area (Å²) >= 11 is 12.2. The molecule has 0 N–H and O–H groups in total. The van der Waals surface area contributed by atoms with Crippen molar-refractivity contribution in [2.24, 2.45) is 0 Å². The summed E-state index contributed by atoms with van der Waals surface area (Å²) in [4.78, 5) is 14.3. The number of methoxy groups -OCH3 is 1. The fourth-order valence-electron chi connectivity index (χ4n) is 2.33. The maximum absolute atomic E-state index is 12.7. The van der Waals surface area contributed by atoms with Gasteiger partial charge in [0.1, 0.15) is 0 Å². The minimum absolute atomic E-state index is 0.168. The molecule has 0 fully saturated rings. The van der Waals surface area contributed by atoms with Gasteiger partial charge in [-0.25, -0.2) is 0 Å². The van der Waals surface area contributed by atoms with E-state index in [1.165, 1.54) is 7.11 Å². The zero-order chi connectivity index (χ0) is 17.7.